The highest BCUT2D eigenvalue weighted by Gasteiger charge is 2.35. The van der Waals surface area contributed by atoms with Crippen LogP contribution in [0.5, 0.6) is 0 Å². The van der Waals surface area contributed by atoms with Crippen LogP contribution in [0.25, 0.3) is 11.6 Å². The number of amides is 2. The molecule has 0 N–H and O–H groups in total. The van der Waals surface area contributed by atoms with Crippen LogP contribution in [0.1, 0.15) is 53.4 Å². The number of fused-ring (bicyclic) bond motifs is 1. The van der Waals surface area contributed by atoms with E-state index in [4.69, 9.17) is 0 Å². The van der Waals surface area contributed by atoms with Crippen LogP contribution in [0.3, 0.4) is 0 Å². The van der Waals surface area contributed by atoms with Crippen molar-refractivity contribution >= 4 is 29.2 Å². The van der Waals surface area contributed by atoms with Crippen molar-refractivity contribution in [2.75, 3.05) is 4.90 Å². The van der Waals surface area contributed by atoms with Crippen molar-refractivity contribution in [1.29, 1.82) is 0 Å². The van der Waals surface area contributed by atoms with E-state index in [0.717, 1.165) is 11.1 Å². The standard InChI is InChI=1S/C27H25NO2/c1-18-8-7-9-21(16-18)28-25(29)23-11-6-5-10-22(23)24(26(28)30)17-19-12-14-20(15-13-19)27(2,3)4/h5-17H,1-4H3. The maximum atomic E-state index is 13.5. The van der Waals surface area contributed by atoms with Crippen LogP contribution in [0.4, 0.5) is 5.69 Å². The molecule has 1 aliphatic heterocycles. The summed E-state index contributed by atoms with van der Waals surface area (Å²) in [5.41, 5.74) is 5.55. The van der Waals surface area contributed by atoms with Gasteiger partial charge in [0.2, 0.25) is 0 Å². The second kappa shape index (κ2) is 7.42. The Labute approximate surface area is 177 Å². The molecule has 0 saturated heterocycles. The van der Waals surface area contributed by atoms with Gasteiger partial charge in [-0.05, 0) is 58.9 Å². The van der Waals surface area contributed by atoms with E-state index in [0.29, 0.717) is 22.4 Å². The lowest BCUT2D eigenvalue weighted by Gasteiger charge is -2.29. The average molecular weight is 396 g/mol. The molecule has 0 fully saturated rings. The van der Waals surface area contributed by atoms with Gasteiger partial charge in [0, 0.05) is 11.1 Å². The van der Waals surface area contributed by atoms with Crippen LogP contribution >= 0.6 is 0 Å². The summed E-state index contributed by atoms with van der Waals surface area (Å²) in [6.07, 6.45) is 1.88. The van der Waals surface area contributed by atoms with Crippen molar-refractivity contribution in [1.82, 2.24) is 0 Å². The Kier molecular flexibility index (Phi) is 4.90. The molecule has 3 aromatic carbocycles. The molecule has 0 unspecified atom stereocenters. The first kappa shape index (κ1) is 19.8. The molecule has 0 aromatic heterocycles. The van der Waals surface area contributed by atoms with Gasteiger partial charge in [0.1, 0.15) is 0 Å². The number of hydrogen-bond acceptors (Lipinski definition) is 2. The van der Waals surface area contributed by atoms with Crippen LogP contribution in [0, 0.1) is 6.92 Å². The van der Waals surface area contributed by atoms with Crippen molar-refractivity contribution in [3.05, 3.63) is 101 Å². The Morgan fingerprint density at radius 1 is 0.767 bits per heavy atom. The molecule has 0 radical (unpaired) electrons. The van der Waals surface area contributed by atoms with Crippen molar-refractivity contribution in [3.63, 3.8) is 0 Å². The van der Waals surface area contributed by atoms with Crippen molar-refractivity contribution in [2.45, 2.75) is 33.1 Å². The number of anilines is 1. The maximum absolute atomic E-state index is 13.5. The van der Waals surface area contributed by atoms with Gasteiger partial charge in [-0.2, -0.15) is 0 Å². The fraction of sp³-hybridized carbons (Fsp3) is 0.185. The van der Waals surface area contributed by atoms with E-state index in [9.17, 15) is 9.59 Å². The molecule has 1 heterocycles. The number of carbonyl (C=O) groups excluding carboxylic acids is 2. The second-order valence-corrected chi connectivity index (χ2v) is 8.76. The molecule has 0 spiro atoms. The van der Waals surface area contributed by atoms with Crippen molar-refractivity contribution in [2.24, 2.45) is 0 Å². The largest absolute Gasteiger partial charge is 0.268 e. The molecular formula is C27H25NO2. The summed E-state index contributed by atoms with van der Waals surface area (Å²) in [6, 6.07) is 23.0. The summed E-state index contributed by atoms with van der Waals surface area (Å²) in [4.78, 5) is 27.9. The summed E-state index contributed by atoms with van der Waals surface area (Å²) in [5.74, 6) is -0.592. The third-order valence-electron chi connectivity index (χ3n) is 5.43. The SMILES string of the molecule is Cc1cccc(N2C(=O)C(=Cc3ccc(C(C)(C)C)cc3)c3ccccc3C2=O)c1. The highest BCUT2D eigenvalue weighted by atomic mass is 16.2. The Bertz CT molecular complexity index is 1160. The third kappa shape index (κ3) is 3.59. The van der Waals surface area contributed by atoms with Crippen LogP contribution < -0.4 is 4.90 Å². The monoisotopic (exact) mass is 395 g/mol. The third-order valence-corrected chi connectivity index (χ3v) is 5.43. The molecule has 150 valence electrons. The zero-order valence-electron chi connectivity index (χ0n) is 17.8. The topological polar surface area (TPSA) is 37.4 Å². The summed E-state index contributed by atoms with van der Waals surface area (Å²) in [5, 5.41) is 0. The predicted octanol–water partition coefficient (Wildman–Crippen LogP) is 6.02. The highest BCUT2D eigenvalue weighted by molar-refractivity contribution is 6.43. The van der Waals surface area contributed by atoms with Crippen molar-refractivity contribution < 1.29 is 9.59 Å². The lowest BCUT2D eigenvalue weighted by Crippen LogP contribution is -2.41. The molecule has 30 heavy (non-hydrogen) atoms. The van der Waals surface area contributed by atoms with E-state index in [1.165, 1.54) is 10.5 Å². The smallest absolute Gasteiger partial charge is 0.265 e. The van der Waals surface area contributed by atoms with E-state index in [2.05, 4.69) is 32.9 Å². The maximum Gasteiger partial charge on any atom is 0.265 e. The quantitative estimate of drug-likeness (QED) is 0.393. The molecule has 0 atom stereocenters. The normalized spacial score (nSPS) is 15.5. The Hall–Kier alpha value is -3.46. The molecule has 0 aliphatic carbocycles. The van der Waals surface area contributed by atoms with E-state index in [1.807, 2.05) is 61.5 Å². The number of rotatable bonds is 2. The fourth-order valence-electron chi connectivity index (χ4n) is 3.74. The first-order valence-electron chi connectivity index (χ1n) is 10.1. The van der Waals surface area contributed by atoms with E-state index < -0.39 is 0 Å². The molecule has 4 rings (SSSR count). The fourth-order valence-corrected chi connectivity index (χ4v) is 3.74. The first-order valence-corrected chi connectivity index (χ1v) is 10.1. The number of benzene rings is 3. The van der Waals surface area contributed by atoms with Crippen LogP contribution in [-0.4, -0.2) is 11.8 Å². The molecular weight excluding hydrogens is 370 g/mol. The lowest BCUT2D eigenvalue weighted by atomic mass is 9.86. The van der Waals surface area contributed by atoms with E-state index >= 15 is 0 Å². The highest BCUT2D eigenvalue weighted by Crippen LogP contribution is 2.34. The number of aryl methyl sites for hydroxylation is 1. The van der Waals surface area contributed by atoms with Crippen molar-refractivity contribution in [3.8, 4) is 0 Å². The average Bonchev–Trinajstić information content (AvgIpc) is 2.71. The molecule has 2 amide bonds. The zero-order valence-corrected chi connectivity index (χ0v) is 17.8. The molecule has 3 aromatic rings. The number of nitrogens with zero attached hydrogens (tertiary/aromatic N) is 1. The van der Waals surface area contributed by atoms with Gasteiger partial charge in [-0.15, -0.1) is 0 Å². The van der Waals surface area contributed by atoms with E-state index in [-0.39, 0.29) is 17.2 Å². The summed E-state index contributed by atoms with van der Waals surface area (Å²) in [7, 11) is 0. The number of carbonyl (C=O) groups is 2. The van der Waals surface area contributed by atoms with Gasteiger partial charge < -0.3 is 0 Å². The van der Waals surface area contributed by atoms with Gasteiger partial charge >= 0.3 is 0 Å². The van der Waals surface area contributed by atoms with Crippen LogP contribution in [-0.2, 0) is 10.2 Å². The summed E-state index contributed by atoms with van der Waals surface area (Å²) < 4.78 is 0. The van der Waals surface area contributed by atoms with Gasteiger partial charge in [-0.1, -0.05) is 75.4 Å². The minimum Gasteiger partial charge on any atom is -0.268 e. The Balaban J connectivity index is 1.84. The number of hydrogen-bond donors (Lipinski definition) is 0. The lowest BCUT2D eigenvalue weighted by molar-refractivity contribution is -0.112. The Morgan fingerprint density at radius 2 is 1.43 bits per heavy atom. The Morgan fingerprint density at radius 3 is 2.07 bits per heavy atom. The predicted molar refractivity (Wildman–Crippen MR) is 122 cm³/mol. The summed E-state index contributed by atoms with van der Waals surface area (Å²) >= 11 is 0. The van der Waals surface area contributed by atoms with E-state index in [1.54, 1.807) is 12.1 Å². The molecule has 0 bridgehead atoms. The minimum atomic E-state index is -0.302. The van der Waals surface area contributed by atoms with Gasteiger partial charge in [-0.25, -0.2) is 4.90 Å². The van der Waals surface area contributed by atoms with Gasteiger partial charge in [0.25, 0.3) is 11.8 Å². The van der Waals surface area contributed by atoms with Gasteiger partial charge in [-0.3, -0.25) is 9.59 Å². The van der Waals surface area contributed by atoms with Crippen LogP contribution in [0.15, 0.2) is 72.8 Å². The first-order chi connectivity index (χ1) is 14.3. The molecule has 0 saturated carbocycles. The van der Waals surface area contributed by atoms with Crippen LogP contribution in [0.2, 0.25) is 0 Å². The molecule has 3 heteroatoms. The van der Waals surface area contributed by atoms with Gasteiger partial charge in [0.15, 0.2) is 0 Å². The molecule has 3 nitrogen and oxygen atoms in total. The zero-order chi connectivity index (χ0) is 21.5. The number of imide groups is 1. The summed E-state index contributed by atoms with van der Waals surface area (Å²) in [6.45, 7) is 8.47. The minimum absolute atomic E-state index is 0.0628. The van der Waals surface area contributed by atoms with Gasteiger partial charge in [0.05, 0.1) is 5.69 Å². The molecule has 1 aliphatic rings. The second-order valence-electron chi connectivity index (χ2n) is 8.76.